The molecule has 1 amide bonds. The van der Waals surface area contributed by atoms with Gasteiger partial charge in [-0.2, -0.15) is 0 Å². The molecule has 1 aliphatic heterocycles. The number of rotatable bonds is 4. The topological polar surface area (TPSA) is 32.3 Å². The lowest BCUT2D eigenvalue weighted by molar-refractivity contribution is -0.121. The summed E-state index contributed by atoms with van der Waals surface area (Å²) in [5.41, 5.74) is 1.07. The van der Waals surface area contributed by atoms with Crippen molar-refractivity contribution in [1.82, 2.24) is 4.90 Å². The number of benzene rings is 2. The van der Waals surface area contributed by atoms with Gasteiger partial charge in [-0.25, -0.2) is 4.39 Å². The van der Waals surface area contributed by atoms with E-state index >= 15 is 0 Å². The van der Waals surface area contributed by atoms with Crippen LogP contribution in [0.1, 0.15) is 18.4 Å². The summed E-state index contributed by atoms with van der Waals surface area (Å²) in [6.45, 7) is 2.05. The Morgan fingerprint density at radius 3 is 2.69 bits per heavy atom. The molecule has 1 unspecified atom stereocenters. The molecule has 0 aromatic heterocycles. The van der Waals surface area contributed by atoms with E-state index in [1.54, 1.807) is 12.1 Å². The number of carbonyl (C=O) groups is 1. The fourth-order valence-electron chi connectivity index (χ4n) is 3.15. The molecule has 0 radical (unpaired) electrons. The fourth-order valence-corrected chi connectivity index (χ4v) is 4.00. The Labute approximate surface area is 170 Å². The zero-order chi connectivity index (χ0) is 18.7. The molecule has 138 valence electrons. The van der Waals surface area contributed by atoms with Crippen molar-refractivity contribution in [2.24, 2.45) is 5.92 Å². The molecular weight excluding hydrogens is 442 g/mol. The average Bonchev–Trinajstić information content (AvgIpc) is 2.61. The number of halogens is 4. The molecule has 1 aliphatic rings. The maximum Gasteiger partial charge on any atom is 0.228 e. The van der Waals surface area contributed by atoms with Gasteiger partial charge in [0.25, 0.3) is 0 Å². The van der Waals surface area contributed by atoms with E-state index in [2.05, 4.69) is 26.1 Å². The Bertz CT molecular complexity index is 798. The zero-order valence-corrected chi connectivity index (χ0v) is 17.0. The number of hydrogen-bond acceptors (Lipinski definition) is 2. The van der Waals surface area contributed by atoms with Crippen LogP contribution >= 0.6 is 39.1 Å². The quantitative estimate of drug-likeness (QED) is 0.631. The molecule has 1 saturated heterocycles. The minimum atomic E-state index is -0.455. The Kier molecular flexibility index (Phi) is 6.56. The van der Waals surface area contributed by atoms with Crippen LogP contribution in [-0.4, -0.2) is 23.9 Å². The zero-order valence-electron chi connectivity index (χ0n) is 13.9. The summed E-state index contributed by atoms with van der Waals surface area (Å²) in [4.78, 5) is 14.7. The second-order valence-electron chi connectivity index (χ2n) is 6.39. The number of anilines is 1. The summed E-state index contributed by atoms with van der Waals surface area (Å²) in [5.74, 6) is -0.822. The third-order valence-electron chi connectivity index (χ3n) is 4.51. The first-order valence-corrected chi connectivity index (χ1v) is 9.90. The van der Waals surface area contributed by atoms with Crippen molar-refractivity contribution in [3.8, 4) is 0 Å². The number of hydrogen-bond donors (Lipinski definition) is 1. The minimum absolute atomic E-state index is 0.166. The van der Waals surface area contributed by atoms with Crippen LogP contribution in [0.15, 0.2) is 40.9 Å². The van der Waals surface area contributed by atoms with E-state index in [-0.39, 0.29) is 17.5 Å². The Morgan fingerprint density at radius 2 is 2.00 bits per heavy atom. The Hall–Kier alpha value is -1.14. The highest BCUT2D eigenvalue weighted by Gasteiger charge is 2.27. The molecule has 0 aliphatic carbocycles. The van der Waals surface area contributed by atoms with Crippen molar-refractivity contribution in [2.75, 3.05) is 18.4 Å². The number of likely N-dealkylation sites (tertiary alicyclic amines) is 1. The largest absolute Gasteiger partial charge is 0.323 e. The number of nitrogens with zero attached hydrogens (tertiary/aromatic N) is 1. The normalized spacial score (nSPS) is 17.9. The predicted octanol–water partition coefficient (Wildman–Crippen LogP) is 5.75. The van der Waals surface area contributed by atoms with Gasteiger partial charge >= 0.3 is 0 Å². The molecule has 0 spiro atoms. The summed E-state index contributed by atoms with van der Waals surface area (Å²) in [5, 5.41) is 3.95. The van der Waals surface area contributed by atoms with Crippen molar-refractivity contribution in [1.29, 1.82) is 0 Å². The molecule has 2 aromatic carbocycles. The van der Waals surface area contributed by atoms with Gasteiger partial charge in [-0.15, -0.1) is 0 Å². The van der Waals surface area contributed by atoms with Gasteiger partial charge in [-0.05, 0) is 49.7 Å². The first-order valence-electron chi connectivity index (χ1n) is 8.35. The van der Waals surface area contributed by atoms with Crippen molar-refractivity contribution in [3.63, 3.8) is 0 Å². The lowest BCUT2D eigenvalue weighted by Crippen LogP contribution is -2.40. The summed E-state index contributed by atoms with van der Waals surface area (Å²) in [6.07, 6.45) is 1.67. The van der Waals surface area contributed by atoms with Gasteiger partial charge in [0.05, 0.1) is 11.6 Å². The van der Waals surface area contributed by atoms with E-state index in [0.717, 1.165) is 24.9 Å². The molecule has 3 rings (SSSR count). The van der Waals surface area contributed by atoms with Gasteiger partial charge in [-0.1, -0.05) is 45.2 Å². The monoisotopic (exact) mass is 458 g/mol. The van der Waals surface area contributed by atoms with E-state index in [9.17, 15) is 9.18 Å². The Morgan fingerprint density at radius 1 is 1.27 bits per heavy atom. The van der Waals surface area contributed by atoms with E-state index in [1.165, 1.54) is 6.07 Å². The van der Waals surface area contributed by atoms with Crippen LogP contribution in [0.4, 0.5) is 10.1 Å². The van der Waals surface area contributed by atoms with E-state index in [0.29, 0.717) is 27.6 Å². The van der Waals surface area contributed by atoms with Crippen molar-refractivity contribution in [2.45, 2.75) is 19.4 Å². The first-order chi connectivity index (χ1) is 12.4. The van der Waals surface area contributed by atoms with Crippen molar-refractivity contribution < 1.29 is 9.18 Å². The molecule has 26 heavy (non-hydrogen) atoms. The van der Waals surface area contributed by atoms with E-state index in [1.807, 2.05) is 18.2 Å². The number of carbonyl (C=O) groups excluding carboxylic acids is 1. The molecule has 0 bridgehead atoms. The van der Waals surface area contributed by atoms with Gasteiger partial charge in [0, 0.05) is 33.2 Å². The molecule has 3 nitrogen and oxygen atoms in total. The second kappa shape index (κ2) is 8.70. The van der Waals surface area contributed by atoms with Crippen LogP contribution < -0.4 is 5.32 Å². The van der Waals surface area contributed by atoms with Crippen molar-refractivity contribution in [3.05, 3.63) is 62.3 Å². The molecule has 1 atom stereocenters. The lowest BCUT2D eigenvalue weighted by Gasteiger charge is -2.32. The summed E-state index contributed by atoms with van der Waals surface area (Å²) >= 11 is 15.7. The highest BCUT2D eigenvalue weighted by atomic mass is 79.9. The van der Waals surface area contributed by atoms with Crippen LogP contribution in [0.5, 0.6) is 0 Å². The molecular formula is C19H18BrCl2FN2O. The van der Waals surface area contributed by atoms with Crippen LogP contribution in [0.25, 0.3) is 0 Å². The first kappa shape index (κ1) is 19.6. The third-order valence-corrected chi connectivity index (χ3v) is 5.71. The maximum atomic E-state index is 13.9. The molecule has 2 aromatic rings. The summed E-state index contributed by atoms with van der Waals surface area (Å²) < 4.78 is 14.6. The Balaban J connectivity index is 1.65. The van der Waals surface area contributed by atoms with Gasteiger partial charge in [-0.3, -0.25) is 9.69 Å². The van der Waals surface area contributed by atoms with Crippen LogP contribution in [0.3, 0.4) is 0 Å². The molecule has 0 saturated carbocycles. The molecule has 1 heterocycles. The second-order valence-corrected chi connectivity index (χ2v) is 8.12. The predicted molar refractivity (Wildman–Crippen MR) is 107 cm³/mol. The minimum Gasteiger partial charge on any atom is -0.323 e. The molecule has 7 heteroatoms. The van der Waals surface area contributed by atoms with Crippen LogP contribution in [0, 0.1) is 11.7 Å². The number of amides is 1. The van der Waals surface area contributed by atoms with Crippen molar-refractivity contribution >= 4 is 50.7 Å². The average molecular weight is 460 g/mol. The van der Waals surface area contributed by atoms with Gasteiger partial charge < -0.3 is 5.32 Å². The maximum absolute atomic E-state index is 13.9. The third kappa shape index (κ3) is 4.77. The smallest absolute Gasteiger partial charge is 0.228 e. The highest BCUT2D eigenvalue weighted by molar-refractivity contribution is 9.10. The highest BCUT2D eigenvalue weighted by Crippen LogP contribution is 2.28. The summed E-state index contributed by atoms with van der Waals surface area (Å²) in [7, 11) is 0. The lowest BCUT2D eigenvalue weighted by atomic mass is 9.96. The van der Waals surface area contributed by atoms with Gasteiger partial charge in [0.2, 0.25) is 5.91 Å². The summed E-state index contributed by atoms with van der Waals surface area (Å²) in [6, 6.07) is 10.0. The standard InChI is InChI=1S/C19H18BrCl2FN2O/c20-13-6-7-18(17(23)9-13)24-19(26)12-3-2-8-25(10-12)11-14-15(21)4-1-5-16(14)22/h1,4-7,9,12H,2-3,8,10-11H2,(H,24,26). The van der Waals surface area contributed by atoms with E-state index < -0.39 is 5.82 Å². The van der Waals surface area contributed by atoms with Gasteiger partial charge in [0.1, 0.15) is 5.82 Å². The van der Waals surface area contributed by atoms with E-state index in [4.69, 9.17) is 23.2 Å². The van der Waals surface area contributed by atoms with Crippen LogP contribution in [-0.2, 0) is 11.3 Å². The fraction of sp³-hybridized carbons (Fsp3) is 0.316. The molecule has 1 fully saturated rings. The molecule has 1 N–H and O–H groups in total. The van der Waals surface area contributed by atoms with Gasteiger partial charge in [0.15, 0.2) is 0 Å². The van der Waals surface area contributed by atoms with Crippen LogP contribution in [0.2, 0.25) is 10.0 Å². The SMILES string of the molecule is O=C(Nc1ccc(Br)cc1F)C1CCCN(Cc2c(Cl)cccc2Cl)C1. The number of piperidine rings is 1. The number of nitrogens with one attached hydrogen (secondary N) is 1.